The molecule has 0 N–H and O–H groups in total. The molecule has 2 heterocycles. The van der Waals surface area contributed by atoms with Gasteiger partial charge in [0.2, 0.25) is 5.91 Å². The van der Waals surface area contributed by atoms with Gasteiger partial charge in [0.1, 0.15) is 0 Å². The summed E-state index contributed by atoms with van der Waals surface area (Å²) in [5, 5.41) is 8.77. The molecule has 0 bridgehead atoms. The predicted octanol–water partition coefficient (Wildman–Crippen LogP) is 1.74. The van der Waals surface area contributed by atoms with E-state index in [1.54, 1.807) is 0 Å². The summed E-state index contributed by atoms with van der Waals surface area (Å²) in [5.74, 6) is 0.820. The van der Waals surface area contributed by atoms with E-state index in [1.165, 1.54) is 0 Å². The molecule has 5 nitrogen and oxygen atoms in total. The fourth-order valence-electron chi connectivity index (χ4n) is 3.61. The zero-order valence-electron chi connectivity index (χ0n) is 14.2. The summed E-state index contributed by atoms with van der Waals surface area (Å²) in [6.45, 7) is 12.2. The van der Waals surface area contributed by atoms with Gasteiger partial charge in [-0.1, -0.05) is 20.8 Å². The van der Waals surface area contributed by atoms with Crippen LogP contribution in [0.25, 0.3) is 0 Å². The summed E-state index contributed by atoms with van der Waals surface area (Å²) in [6.07, 6.45) is 1.52. The Balaban J connectivity index is 1.88. The Morgan fingerprint density at radius 3 is 2.64 bits per heavy atom. The molecule has 124 valence electrons. The second-order valence-corrected chi connectivity index (χ2v) is 7.54. The predicted molar refractivity (Wildman–Crippen MR) is 85.1 cm³/mol. The van der Waals surface area contributed by atoms with Crippen molar-refractivity contribution >= 4 is 5.91 Å². The number of ether oxygens (including phenoxy) is 1. The molecule has 2 fully saturated rings. The number of amides is 1. The van der Waals surface area contributed by atoms with Crippen molar-refractivity contribution in [3.63, 3.8) is 0 Å². The third-order valence-corrected chi connectivity index (χ3v) is 4.89. The van der Waals surface area contributed by atoms with Gasteiger partial charge in [0, 0.05) is 39.1 Å². The number of hydrogen-bond donors (Lipinski definition) is 0. The zero-order valence-corrected chi connectivity index (χ0v) is 14.2. The van der Waals surface area contributed by atoms with Crippen molar-refractivity contribution < 1.29 is 9.53 Å². The maximum atomic E-state index is 12.7. The zero-order chi connectivity index (χ0) is 16.2. The molecule has 0 spiro atoms. The number of hydrogen-bond acceptors (Lipinski definition) is 4. The van der Waals surface area contributed by atoms with Crippen molar-refractivity contribution in [3.05, 3.63) is 0 Å². The first-order valence-electron chi connectivity index (χ1n) is 8.39. The topological polar surface area (TPSA) is 56.6 Å². The van der Waals surface area contributed by atoms with Crippen LogP contribution < -0.4 is 0 Å². The highest BCUT2D eigenvalue weighted by Gasteiger charge is 2.38. The van der Waals surface area contributed by atoms with Gasteiger partial charge in [0.05, 0.1) is 25.2 Å². The minimum Gasteiger partial charge on any atom is -0.378 e. The van der Waals surface area contributed by atoms with E-state index in [2.05, 4.69) is 31.7 Å². The Labute approximate surface area is 134 Å². The van der Waals surface area contributed by atoms with Gasteiger partial charge in [0.15, 0.2) is 0 Å². The number of rotatable bonds is 5. The molecule has 0 unspecified atom stereocenters. The van der Waals surface area contributed by atoms with Gasteiger partial charge >= 0.3 is 0 Å². The number of nitriles is 1. The van der Waals surface area contributed by atoms with Gasteiger partial charge in [-0.2, -0.15) is 5.26 Å². The molecule has 2 atom stereocenters. The van der Waals surface area contributed by atoms with Crippen LogP contribution in [0, 0.1) is 28.6 Å². The van der Waals surface area contributed by atoms with Crippen LogP contribution in [0.3, 0.4) is 0 Å². The highest BCUT2D eigenvalue weighted by Crippen LogP contribution is 2.30. The molecule has 22 heavy (non-hydrogen) atoms. The lowest BCUT2D eigenvalue weighted by molar-refractivity contribution is -0.140. The van der Waals surface area contributed by atoms with Crippen molar-refractivity contribution in [2.75, 3.05) is 45.9 Å². The van der Waals surface area contributed by atoms with Crippen molar-refractivity contribution in [1.29, 1.82) is 5.26 Å². The molecule has 0 aromatic carbocycles. The minimum absolute atomic E-state index is 0.116. The summed E-state index contributed by atoms with van der Waals surface area (Å²) in [7, 11) is 0. The molecular formula is C17H29N3O2. The fraction of sp³-hybridized carbons (Fsp3) is 0.882. The summed E-state index contributed by atoms with van der Waals surface area (Å²) in [6, 6.07) is 2.24. The van der Waals surface area contributed by atoms with Crippen LogP contribution in [0.5, 0.6) is 0 Å². The maximum absolute atomic E-state index is 12.7. The average Bonchev–Trinajstić information content (AvgIpc) is 2.85. The first-order chi connectivity index (χ1) is 10.4. The summed E-state index contributed by atoms with van der Waals surface area (Å²) < 4.78 is 5.33. The second kappa shape index (κ2) is 7.43. The standard InChI is InChI=1S/C17H29N3O2/c1-14-11-19(13-17(2,3)5-4-6-18)12-15(14)16(21)20-7-9-22-10-8-20/h14-15H,4-5,7-13H2,1-3H3/t14-,15-/m1/s1. The molecular weight excluding hydrogens is 278 g/mol. The van der Waals surface area contributed by atoms with Crippen LogP contribution >= 0.6 is 0 Å². The van der Waals surface area contributed by atoms with E-state index in [0.717, 1.165) is 39.1 Å². The summed E-state index contributed by atoms with van der Waals surface area (Å²) >= 11 is 0. The number of morpholine rings is 1. The molecule has 0 saturated carbocycles. The lowest BCUT2D eigenvalue weighted by atomic mass is 9.87. The van der Waals surface area contributed by atoms with E-state index in [-0.39, 0.29) is 11.3 Å². The minimum atomic E-state index is 0.116. The van der Waals surface area contributed by atoms with E-state index < -0.39 is 0 Å². The molecule has 2 saturated heterocycles. The van der Waals surface area contributed by atoms with Gasteiger partial charge in [0.25, 0.3) is 0 Å². The van der Waals surface area contributed by atoms with Crippen LogP contribution in [-0.4, -0.2) is 61.6 Å². The summed E-state index contributed by atoms with van der Waals surface area (Å²) in [4.78, 5) is 17.1. The van der Waals surface area contributed by atoms with Crippen LogP contribution in [0.1, 0.15) is 33.6 Å². The molecule has 0 aliphatic carbocycles. The molecule has 2 aliphatic rings. The smallest absolute Gasteiger partial charge is 0.227 e. The summed E-state index contributed by atoms with van der Waals surface area (Å²) in [5.41, 5.74) is 0.131. The third-order valence-electron chi connectivity index (χ3n) is 4.89. The highest BCUT2D eigenvalue weighted by atomic mass is 16.5. The fourth-order valence-corrected chi connectivity index (χ4v) is 3.61. The molecule has 1 amide bonds. The molecule has 5 heteroatoms. The Morgan fingerprint density at radius 2 is 2.00 bits per heavy atom. The highest BCUT2D eigenvalue weighted by molar-refractivity contribution is 5.79. The van der Waals surface area contributed by atoms with Crippen molar-refractivity contribution in [3.8, 4) is 6.07 Å². The quantitative estimate of drug-likeness (QED) is 0.776. The van der Waals surface area contributed by atoms with E-state index >= 15 is 0 Å². The van der Waals surface area contributed by atoms with Gasteiger partial charge in [-0.25, -0.2) is 0 Å². The van der Waals surface area contributed by atoms with Crippen molar-refractivity contribution in [1.82, 2.24) is 9.80 Å². The molecule has 2 aliphatic heterocycles. The number of carbonyl (C=O) groups excluding carboxylic acids is 1. The molecule has 0 aromatic heterocycles. The lowest BCUT2D eigenvalue weighted by Crippen LogP contribution is -2.45. The van der Waals surface area contributed by atoms with Gasteiger partial charge in [-0.15, -0.1) is 0 Å². The largest absolute Gasteiger partial charge is 0.378 e. The SMILES string of the molecule is C[C@@H]1CN(CC(C)(C)CCC#N)C[C@H]1C(=O)N1CCOCC1. The second-order valence-electron chi connectivity index (χ2n) is 7.54. The number of likely N-dealkylation sites (tertiary alicyclic amines) is 1. The van der Waals surface area contributed by atoms with E-state index in [0.29, 0.717) is 31.5 Å². The van der Waals surface area contributed by atoms with Gasteiger partial charge in [-0.05, 0) is 17.8 Å². The van der Waals surface area contributed by atoms with E-state index in [4.69, 9.17) is 10.00 Å². The van der Waals surface area contributed by atoms with Crippen molar-refractivity contribution in [2.24, 2.45) is 17.3 Å². The Kier molecular flexibility index (Phi) is 5.82. The first kappa shape index (κ1) is 17.2. The van der Waals surface area contributed by atoms with E-state index in [9.17, 15) is 4.79 Å². The van der Waals surface area contributed by atoms with E-state index in [1.807, 2.05) is 4.90 Å². The van der Waals surface area contributed by atoms with Crippen LogP contribution in [0.2, 0.25) is 0 Å². The monoisotopic (exact) mass is 307 g/mol. The normalized spacial score (nSPS) is 26.9. The Hall–Kier alpha value is -1.12. The Morgan fingerprint density at radius 1 is 1.32 bits per heavy atom. The van der Waals surface area contributed by atoms with Crippen LogP contribution in [0.4, 0.5) is 0 Å². The van der Waals surface area contributed by atoms with Crippen LogP contribution in [-0.2, 0) is 9.53 Å². The molecule has 2 rings (SSSR count). The third kappa shape index (κ3) is 4.44. The lowest BCUT2D eigenvalue weighted by Gasteiger charge is -2.31. The first-order valence-corrected chi connectivity index (χ1v) is 8.39. The number of carbonyl (C=O) groups is 1. The Bertz CT molecular complexity index is 424. The van der Waals surface area contributed by atoms with Gasteiger partial charge in [-0.3, -0.25) is 4.79 Å². The average molecular weight is 307 g/mol. The number of nitrogens with zero attached hydrogens (tertiary/aromatic N) is 3. The molecule has 0 aromatic rings. The van der Waals surface area contributed by atoms with Gasteiger partial charge < -0.3 is 14.5 Å². The van der Waals surface area contributed by atoms with Crippen molar-refractivity contribution in [2.45, 2.75) is 33.6 Å². The maximum Gasteiger partial charge on any atom is 0.227 e. The van der Waals surface area contributed by atoms with Crippen LogP contribution in [0.15, 0.2) is 0 Å². The molecule has 0 radical (unpaired) electrons.